The van der Waals surface area contributed by atoms with Gasteiger partial charge in [-0.25, -0.2) is 0 Å². The highest BCUT2D eigenvalue weighted by Gasteiger charge is 2.32. The van der Waals surface area contributed by atoms with Gasteiger partial charge in [0.2, 0.25) is 0 Å². The first kappa shape index (κ1) is 13.6. The normalized spacial score (nSPS) is 28.8. The van der Waals surface area contributed by atoms with Gasteiger partial charge in [0, 0.05) is 24.5 Å². The number of rotatable bonds is 4. The summed E-state index contributed by atoms with van der Waals surface area (Å²) in [5, 5.41) is 4.21. The zero-order valence-corrected chi connectivity index (χ0v) is 12.0. The van der Waals surface area contributed by atoms with Crippen LogP contribution in [0, 0.1) is 11.8 Å². The van der Waals surface area contributed by atoms with E-state index in [1.807, 2.05) is 17.9 Å². The predicted octanol–water partition coefficient (Wildman–Crippen LogP) is 2.90. The monoisotopic (exact) mass is 249 g/mol. The number of aromatic nitrogens is 2. The van der Waals surface area contributed by atoms with Crippen molar-refractivity contribution in [3.63, 3.8) is 0 Å². The summed E-state index contributed by atoms with van der Waals surface area (Å²) < 4.78 is 1.96. The van der Waals surface area contributed by atoms with E-state index in [2.05, 4.69) is 25.0 Å². The Hall–Kier alpha value is -0.830. The molecule has 1 aliphatic carbocycles. The first-order valence-electron chi connectivity index (χ1n) is 7.26. The van der Waals surface area contributed by atoms with Gasteiger partial charge in [-0.1, -0.05) is 13.8 Å². The molecule has 3 heteroatoms. The van der Waals surface area contributed by atoms with E-state index in [-0.39, 0.29) is 5.54 Å². The summed E-state index contributed by atoms with van der Waals surface area (Å²) >= 11 is 0. The van der Waals surface area contributed by atoms with Crippen molar-refractivity contribution in [2.45, 2.75) is 57.9 Å². The first-order valence-corrected chi connectivity index (χ1v) is 7.26. The molecule has 0 aromatic carbocycles. The topological polar surface area (TPSA) is 43.8 Å². The molecule has 0 bridgehead atoms. The number of hydrogen-bond acceptors (Lipinski definition) is 2. The molecule has 3 nitrogen and oxygen atoms in total. The summed E-state index contributed by atoms with van der Waals surface area (Å²) in [5.74, 6) is 1.70. The van der Waals surface area contributed by atoms with Gasteiger partial charge in [-0.15, -0.1) is 0 Å². The minimum Gasteiger partial charge on any atom is -0.325 e. The molecule has 0 aliphatic heterocycles. The van der Waals surface area contributed by atoms with Crippen LogP contribution in [0.1, 0.15) is 51.6 Å². The van der Waals surface area contributed by atoms with E-state index in [1.54, 1.807) is 0 Å². The van der Waals surface area contributed by atoms with Crippen LogP contribution in [0.5, 0.6) is 0 Å². The third-order valence-electron chi connectivity index (χ3n) is 4.77. The highest BCUT2D eigenvalue weighted by Crippen LogP contribution is 2.36. The van der Waals surface area contributed by atoms with Crippen molar-refractivity contribution in [3.05, 3.63) is 18.0 Å². The molecule has 18 heavy (non-hydrogen) atoms. The Morgan fingerprint density at radius 2 is 2.11 bits per heavy atom. The predicted molar refractivity (Wildman–Crippen MR) is 75.2 cm³/mol. The third kappa shape index (κ3) is 3.14. The lowest BCUT2D eigenvalue weighted by atomic mass is 9.71. The standard InChI is InChI=1S/C15H27N3/c1-12(2)13-4-8-15(16,9-5-13)10-6-14-7-11-17-18(14)3/h7,11-13H,4-6,8-10,16H2,1-3H3. The minimum absolute atomic E-state index is 0.0651. The highest BCUT2D eigenvalue weighted by molar-refractivity contribution is 5.02. The van der Waals surface area contributed by atoms with E-state index in [1.165, 1.54) is 31.4 Å². The Bertz CT molecular complexity index is 373. The quantitative estimate of drug-likeness (QED) is 0.891. The molecule has 0 atom stereocenters. The van der Waals surface area contributed by atoms with Gasteiger partial charge in [0.1, 0.15) is 0 Å². The smallest absolute Gasteiger partial charge is 0.0492 e. The zero-order valence-electron chi connectivity index (χ0n) is 12.0. The fourth-order valence-corrected chi connectivity index (χ4v) is 3.16. The number of hydrogen-bond donors (Lipinski definition) is 1. The summed E-state index contributed by atoms with van der Waals surface area (Å²) in [7, 11) is 2.01. The van der Waals surface area contributed by atoms with Crippen molar-refractivity contribution >= 4 is 0 Å². The van der Waals surface area contributed by atoms with E-state index in [4.69, 9.17) is 5.73 Å². The zero-order chi connectivity index (χ0) is 13.2. The van der Waals surface area contributed by atoms with E-state index in [0.717, 1.165) is 24.7 Å². The largest absolute Gasteiger partial charge is 0.325 e. The Morgan fingerprint density at radius 1 is 1.44 bits per heavy atom. The van der Waals surface area contributed by atoms with Crippen molar-refractivity contribution in [2.24, 2.45) is 24.6 Å². The minimum atomic E-state index is 0.0651. The molecular weight excluding hydrogens is 222 g/mol. The van der Waals surface area contributed by atoms with Crippen molar-refractivity contribution in [2.75, 3.05) is 0 Å². The van der Waals surface area contributed by atoms with E-state index < -0.39 is 0 Å². The number of nitrogens with two attached hydrogens (primary N) is 1. The van der Waals surface area contributed by atoms with Gasteiger partial charge in [-0.2, -0.15) is 5.10 Å². The molecule has 0 spiro atoms. The maximum Gasteiger partial charge on any atom is 0.0492 e. The molecule has 0 unspecified atom stereocenters. The molecule has 2 rings (SSSR count). The molecule has 1 aliphatic rings. The fourth-order valence-electron chi connectivity index (χ4n) is 3.16. The van der Waals surface area contributed by atoms with Gasteiger partial charge < -0.3 is 5.73 Å². The lowest BCUT2D eigenvalue weighted by Crippen LogP contribution is -2.44. The molecular formula is C15H27N3. The molecule has 2 N–H and O–H groups in total. The lowest BCUT2D eigenvalue weighted by Gasteiger charge is -2.38. The molecule has 1 saturated carbocycles. The molecule has 102 valence electrons. The van der Waals surface area contributed by atoms with Gasteiger partial charge in [-0.3, -0.25) is 4.68 Å². The summed E-state index contributed by atoms with van der Waals surface area (Å²) in [6, 6.07) is 2.10. The Labute approximate surface area is 111 Å². The van der Waals surface area contributed by atoms with Crippen LogP contribution in [0.4, 0.5) is 0 Å². The maximum atomic E-state index is 6.56. The molecule has 0 amide bonds. The van der Waals surface area contributed by atoms with Crippen LogP contribution in [0.3, 0.4) is 0 Å². The van der Waals surface area contributed by atoms with Gasteiger partial charge in [0.05, 0.1) is 0 Å². The van der Waals surface area contributed by atoms with E-state index >= 15 is 0 Å². The van der Waals surface area contributed by atoms with Crippen LogP contribution >= 0.6 is 0 Å². The number of aryl methyl sites for hydroxylation is 2. The highest BCUT2D eigenvalue weighted by atomic mass is 15.2. The van der Waals surface area contributed by atoms with E-state index in [0.29, 0.717) is 0 Å². The molecule has 1 aromatic rings. The van der Waals surface area contributed by atoms with Gasteiger partial charge in [0.15, 0.2) is 0 Å². The SMILES string of the molecule is CC(C)C1CCC(N)(CCc2ccnn2C)CC1. The van der Waals surface area contributed by atoms with Gasteiger partial charge in [0.25, 0.3) is 0 Å². The van der Waals surface area contributed by atoms with Gasteiger partial charge in [-0.05, 0) is 56.4 Å². The summed E-state index contributed by atoms with van der Waals surface area (Å²) in [5.41, 5.74) is 7.92. The van der Waals surface area contributed by atoms with Crippen LogP contribution in [0.25, 0.3) is 0 Å². The second-order valence-corrected chi connectivity index (χ2v) is 6.39. The van der Waals surface area contributed by atoms with Crippen LogP contribution in [0.2, 0.25) is 0 Å². The average molecular weight is 249 g/mol. The second-order valence-electron chi connectivity index (χ2n) is 6.39. The molecule has 0 radical (unpaired) electrons. The number of nitrogens with zero attached hydrogens (tertiary/aromatic N) is 2. The van der Waals surface area contributed by atoms with Crippen LogP contribution in [-0.2, 0) is 13.5 Å². The lowest BCUT2D eigenvalue weighted by molar-refractivity contribution is 0.186. The third-order valence-corrected chi connectivity index (χ3v) is 4.77. The van der Waals surface area contributed by atoms with Gasteiger partial charge >= 0.3 is 0 Å². The summed E-state index contributed by atoms with van der Waals surface area (Å²) in [6.45, 7) is 4.67. The maximum absolute atomic E-state index is 6.56. The molecule has 0 saturated heterocycles. The van der Waals surface area contributed by atoms with Crippen LogP contribution < -0.4 is 5.73 Å². The molecule has 1 heterocycles. The van der Waals surface area contributed by atoms with Crippen molar-refractivity contribution in [1.82, 2.24) is 9.78 Å². The molecule has 1 aromatic heterocycles. The Kier molecular flexibility index (Phi) is 4.10. The first-order chi connectivity index (χ1) is 8.50. The summed E-state index contributed by atoms with van der Waals surface area (Å²) in [6.07, 6.45) is 9.01. The molecule has 1 fully saturated rings. The van der Waals surface area contributed by atoms with E-state index in [9.17, 15) is 0 Å². The van der Waals surface area contributed by atoms with Crippen LogP contribution in [0.15, 0.2) is 12.3 Å². The van der Waals surface area contributed by atoms with Crippen molar-refractivity contribution < 1.29 is 0 Å². The Balaban J connectivity index is 1.85. The van der Waals surface area contributed by atoms with Crippen molar-refractivity contribution in [3.8, 4) is 0 Å². The van der Waals surface area contributed by atoms with Crippen molar-refractivity contribution in [1.29, 1.82) is 0 Å². The average Bonchev–Trinajstić information content (AvgIpc) is 2.73. The summed E-state index contributed by atoms with van der Waals surface area (Å²) in [4.78, 5) is 0. The Morgan fingerprint density at radius 3 is 2.61 bits per heavy atom. The fraction of sp³-hybridized carbons (Fsp3) is 0.800. The van der Waals surface area contributed by atoms with Crippen LogP contribution in [-0.4, -0.2) is 15.3 Å². The second kappa shape index (κ2) is 5.43.